The third kappa shape index (κ3) is 3.48. The van der Waals surface area contributed by atoms with Crippen LogP contribution in [0.4, 0.5) is 10.1 Å². The summed E-state index contributed by atoms with van der Waals surface area (Å²) in [5.41, 5.74) is 5.44. The summed E-state index contributed by atoms with van der Waals surface area (Å²) in [5.74, 6) is -0.404. The number of nitrogens with one attached hydrogen (secondary N) is 1. The predicted octanol–water partition coefficient (Wildman–Crippen LogP) is 0.312. The first-order valence-electron chi connectivity index (χ1n) is 5.29. The molecule has 0 saturated heterocycles. The second kappa shape index (κ2) is 5.33. The third-order valence-corrected chi connectivity index (χ3v) is 3.68. The maximum atomic E-state index is 13.1. The highest BCUT2D eigenvalue weighted by Gasteiger charge is 2.15. The number of hydrogen-bond donors (Lipinski definition) is 2. The van der Waals surface area contributed by atoms with Gasteiger partial charge in [0.05, 0.1) is 4.90 Å². The molecule has 0 aliphatic carbocycles. The van der Waals surface area contributed by atoms with E-state index in [1.54, 1.807) is 0 Å². The van der Waals surface area contributed by atoms with Crippen molar-refractivity contribution < 1.29 is 17.3 Å². The number of anilines is 1. The minimum atomic E-state index is -3.82. The van der Waals surface area contributed by atoms with Crippen LogP contribution in [-0.4, -0.2) is 25.1 Å². The number of sulfonamides is 1. The van der Waals surface area contributed by atoms with Crippen molar-refractivity contribution in [1.29, 1.82) is 0 Å². The molecule has 0 amide bonds. The van der Waals surface area contributed by atoms with Gasteiger partial charge >= 0.3 is 0 Å². The van der Waals surface area contributed by atoms with Gasteiger partial charge in [0.25, 0.3) is 0 Å². The lowest BCUT2D eigenvalue weighted by molar-refractivity contribution is 0.377. The van der Waals surface area contributed by atoms with E-state index in [1.165, 1.54) is 12.4 Å². The van der Waals surface area contributed by atoms with E-state index in [1.807, 2.05) is 0 Å². The van der Waals surface area contributed by atoms with Crippen molar-refractivity contribution in [3.05, 3.63) is 36.2 Å². The van der Waals surface area contributed by atoms with Crippen LogP contribution in [0.5, 0.6) is 0 Å². The van der Waals surface area contributed by atoms with Crippen LogP contribution in [0.25, 0.3) is 0 Å². The number of nitrogens with two attached hydrogens (primary N) is 1. The van der Waals surface area contributed by atoms with Crippen LogP contribution in [0, 0.1) is 5.82 Å². The van der Waals surface area contributed by atoms with Gasteiger partial charge in [-0.3, -0.25) is 0 Å². The molecule has 0 unspecified atom stereocenters. The Morgan fingerprint density at radius 2 is 2.16 bits per heavy atom. The van der Waals surface area contributed by atoms with Crippen molar-refractivity contribution in [2.75, 3.05) is 12.3 Å². The predicted molar refractivity (Wildman–Crippen MR) is 64.0 cm³/mol. The van der Waals surface area contributed by atoms with Crippen molar-refractivity contribution in [2.45, 2.75) is 11.3 Å². The highest BCUT2D eigenvalue weighted by molar-refractivity contribution is 7.89. The minimum Gasteiger partial charge on any atom is -0.399 e. The van der Waals surface area contributed by atoms with E-state index in [4.69, 9.17) is 10.3 Å². The molecule has 0 aliphatic heterocycles. The molecule has 0 atom stereocenters. The summed E-state index contributed by atoms with van der Waals surface area (Å²) in [6, 6.07) is 3.11. The van der Waals surface area contributed by atoms with E-state index in [9.17, 15) is 12.8 Å². The summed E-state index contributed by atoms with van der Waals surface area (Å²) < 4.78 is 43.8. The van der Waals surface area contributed by atoms with Crippen LogP contribution in [0.15, 0.2) is 33.9 Å². The van der Waals surface area contributed by atoms with Crippen molar-refractivity contribution in [3.8, 4) is 0 Å². The summed E-state index contributed by atoms with van der Waals surface area (Å²) in [7, 11) is -3.82. The highest BCUT2D eigenvalue weighted by Crippen LogP contribution is 2.15. The van der Waals surface area contributed by atoms with Gasteiger partial charge in [0.15, 0.2) is 6.33 Å². The molecule has 1 aromatic heterocycles. The molecular weight excluding hydrogens is 275 g/mol. The lowest BCUT2D eigenvalue weighted by Gasteiger charge is -2.06. The molecule has 0 saturated carbocycles. The van der Waals surface area contributed by atoms with E-state index in [0.717, 1.165) is 12.1 Å². The first-order chi connectivity index (χ1) is 8.97. The molecular formula is C10H11FN4O3S. The number of hydrogen-bond acceptors (Lipinski definition) is 6. The van der Waals surface area contributed by atoms with Crippen LogP contribution in [0.3, 0.4) is 0 Å². The number of aromatic nitrogens is 2. The highest BCUT2D eigenvalue weighted by atomic mass is 32.2. The molecule has 0 fully saturated rings. The van der Waals surface area contributed by atoms with E-state index in [0.29, 0.717) is 5.89 Å². The molecule has 3 N–H and O–H groups in total. The molecule has 19 heavy (non-hydrogen) atoms. The van der Waals surface area contributed by atoms with Gasteiger partial charge in [-0.15, -0.1) is 0 Å². The Bertz CT molecular complexity index is 637. The first-order valence-corrected chi connectivity index (χ1v) is 6.77. The average molecular weight is 286 g/mol. The molecule has 0 spiro atoms. The topological polar surface area (TPSA) is 111 Å². The molecule has 0 aliphatic rings. The zero-order chi connectivity index (χ0) is 13.9. The van der Waals surface area contributed by atoms with Crippen LogP contribution < -0.4 is 10.5 Å². The fourth-order valence-corrected chi connectivity index (χ4v) is 2.52. The molecule has 1 aromatic carbocycles. The van der Waals surface area contributed by atoms with Gasteiger partial charge in [-0.1, -0.05) is 5.16 Å². The van der Waals surface area contributed by atoms with Crippen molar-refractivity contribution in [3.63, 3.8) is 0 Å². The van der Waals surface area contributed by atoms with E-state index < -0.39 is 15.8 Å². The van der Waals surface area contributed by atoms with Crippen LogP contribution in [-0.2, 0) is 16.4 Å². The minimum absolute atomic E-state index is 0.0391. The van der Waals surface area contributed by atoms with Crippen LogP contribution in [0.1, 0.15) is 5.89 Å². The molecule has 9 heteroatoms. The Morgan fingerprint density at radius 1 is 1.37 bits per heavy atom. The normalized spacial score (nSPS) is 11.6. The Morgan fingerprint density at radius 3 is 2.79 bits per heavy atom. The lowest BCUT2D eigenvalue weighted by atomic mass is 10.3. The molecule has 0 radical (unpaired) electrons. The average Bonchev–Trinajstić information content (AvgIpc) is 2.80. The summed E-state index contributed by atoms with van der Waals surface area (Å²) in [6.45, 7) is 0.0565. The van der Waals surface area contributed by atoms with Crippen molar-refractivity contribution >= 4 is 15.7 Å². The number of benzene rings is 1. The molecule has 0 bridgehead atoms. The fourth-order valence-electron chi connectivity index (χ4n) is 1.42. The van der Waals surface area contributed by atoms with Gasteiger partial charge < -0.3 is 10.3 Å². The van der Waals surface area contributed by atoms with E-state index >= 15 is 0 Å². The second-order valence-corrected chi connectivity index (χ2v) is 5.47. The largest absolute Gasteiger partial charge is 0.399 e. The number of halogens is 1. The Labute approximate surface area is 108 Å². The number of nitrogen functional groups attached to an aromatic ring is 1. The SMILES string of the molecule is Nc1cc(F)cc(S(=O)(=O)NCCc2ncno2)c1. The van der Waals surface area contributed by atoms with Gasteiger partial charge in [0.1, 0.15) is 5.82 Å². The summed E-state index contributed by atoms with van der Waals surface area (Å²) in [6.07, 6.45) is 1.46. The van der Waals surface area contributed by atoms with Gasteiger partial charge in [-0.2, -0.15) is 4.98 Å². The fraction of sp³-hybridized carbons (Fsp3) is 0.200. The van der Waals surface area contributed by atoms with Crippen LogP contribution >= 0.6 is 0 Å². The Balaban J connectivity index is 2.05. The Kier molecular flexibility index (Phi) is 3.76. The van der Waals surface area contributed by atoms with Crippen molar-refractivity contribution in [1.82, 2.24) is 14.9 Å². The summed E-state index contributed by atoms with van der Waals surface area (Å²) in [5, 5.41) is 3.39. The van der Waals surface area contributed by atoms with E-state index in [2.05, 4.69) is 14.9 Å². The number of rotatable bonds is 5. The zero-order valence-corrected chi connectivity index (χ0v) is 10.5. The second-order valence-electron chi connectivity index (χ2n) is 3.70. The molecule has 2 rings (SSSR count). The van der Waals surface area contributed by atoms with Gasteiger partial charge in [0, 0.05) is 18.7 Å². The monoisotopic (exact) mass is 286 g/mol. The van der Waals surface area contributed by atoms with Crippen molar-refractivity contribution in [2.24, 2.45) is 0 Å². The first kappa shape index (κ1) is 13.4. The number of nitrogens with zero attached hydrogens (tertiary/aromatic N) is 2. The lowest BCUT2D eigenvalue weighted by Crippen LogP contribution is -2.26. The standard InChI is InChI=1S/C10H11FN4O3S/c11-7-3-8(12)5-9(4-7)19(16,17)15-2-1-10-13-6-14-18-10/h3-6,15H,1-2,12H2. The summed E-state index contributed by atoms with van der Waals surface area (Å²) in [4.78, 5) is 3.52. The maximum absolute atomic E-state index is 13.1. The van der Waals surface area contributed by atoms with Crippen LogP contribution in [0.2, 0.25) is 0 Å². The quantitative estimate of drug-likeness (QED) is 0.765. The zero-order valence-electron chi connectivity index (χ0n) is 9.71. The van der Waals surface area contributed by atoms with Gasteiger partial charge in [0.2, 0.25) is 15.9 Å². The Hall–Kier alpha value is -2.00. The third-order valence-electron chi connectivity index (χ3n) is 2.24. The van der Waals surface area contributed by atoms with Gasteiger partial charge in [-0.25, -0.2) is 17.5 Å². The van der Waals surface area contributed by atoms with Gasteiger partial charge in [-0.05, 0) is 18.2 Å². The smallest absolute Gasteiger partial charge is 0.240 e. The maximum Gasteiger partial charge on any atom is 0.240 e. The molecule has 7 nitrogen and oxygen atoms in total. The molecule has 102 valence electrons. The van der Waals surface area contributed by atoms with E-state index in [-0.39, 0.29) is 23.5 Å². The molecule has 2 aromatic rings. The molecule has 1 heterocycles. The summed E-state index contributed by atoms with van der Waals surface area (Å²) >= 11 is 0.